The lowest BCUT2D eigenvalue weighted by Crippen LogP contribution is -2.18. The summed E-state index contributed by atoms with van der Waals surface area (Å²) in [4.78, 5) is 11.6. The van der Waals surface area contributed by atoms with Crippen LogP contribution in [-0.4, -0.2) is 18.4 Å². The van der Waals surface area contributed by atoms with Gasteiger partial charge in [-0.15, -0.1) is 13.2 Å². The first-order chi connectivity index (χ1) is 8.19. The molecule has 18 heavy (non-hydrogen) atoms. The van der Waals surface area contributed by atoms with Crippen LogP contribution in [0.4, 0.5) is 13.2 Å². The number of alkyl halides is 3. The third-order valence-corrected chi connectivity index (χ3v) is 2.63. The van der Waals surface area contributed by atoms with E-state index in [4.69, 9.17) is 4.74 Å². The molecule has 1 aromatic rings. The summed E-state index contributed by atoms with van der Waals surface area (Å²) in [5.74, 6) is -0.944. The van der Waals surface area contributed by atoms with Crippen molar-refractivity contribution in [2.75, 3.05) is 0 Å². The van der Waals surface area contributed by atoms with Crippen LogP contribution in [0.3, 0.4) is 0 Å². The van der Waals surface area contributed by atoms with Crippen LogP contribution in [0.25, 0.3) is 0 Å². The van der Waals surface area contributed by atoms with E-state index in [0.717, 1.165) is 12.1 Å². The highest BCUT2D eigenvalue weighted by molar-refractivity contribution is 14.1. The van der Waals surface area contributed by atoms with Gasteiger partial charge < -0.3 is 9.47 Å². The van der Waals surface area contributed by atoms with Gasteiger partial charge in [0.15, 0.2) is 0 Å². The predicted octanol–water partition coefficient (Wildman–Crippen LogP) is 3.76. The van der Waals surface area contributed by atoms with Crippen LogP contribution in [0, 0.1) is 3.57 Å². The fraction of sp³-hybridized carbons (Fsp3) is 0.364. The van der Waals surface area contributed by atoms with E-state index in [1.807, 2.05) is 0 Å². The standard InChI is InChI=1S/C11H10F3IO3/c1-6(2)17-10(16)8-4-3-7(5-9(8)15)18-11(12,13)14/h3-6H,1-2H3. The number of halogens is 4. The summed E-state index contributed by atoms with van der Waals surface area (Å²) in [6, 6.07) is 3.45. The minimum atomic E-state index is -4.75. The lowest BCUT2D eigenvalue weighted by atomic mass is 10.2. The molecule has 0 heterocycles. The number of hydrogen-bond acceptors (Lipinski definition) is 3. The van der Waals surface area contributed by atoms with Crippen molar-refractivity contribution in [3.05, 3.63) is 27.3 Å². The van der Waals surface area contributed by atoms with Crippen molar-refractivity contribution in [3.63, 3.8) is 0 Å². The van der Waals surface area contributed by atoms with Gasteiger partial charge >= 0.3 is 12.3 Å². The van der Waals surface area contributed by atoms with Crippen LogP contribution in [0.1, 0.15) is 24.2 Å². The molecule has 1 aromatic carbocycles. The van der Waals surface area contributed by atoms with Gasteiger partial charge in [0.25, 0.3) is 0 Å². The maximum Gasteiger partial charge on any atom is 0.573 e. The average molecular weight is 374 g/mol. The van der Waals surface area contributed by atoms with Gasteiger partial charge in [0.2, 0.25) is 0 Å². The summed E-state index contributed by atoms with van der Waals surface area (Å²) in [6.07, 6.45) is -5.04. The van der Waals surface area contributed by atoms with Crippen molar-refractivity contribution in [3.8, 4) is 5.75 Å². The van der Waals surface area contributed by atoms with E-state index in [-0.39, 0.29) is 17.4 Å². The van der Waals surface area contributed by atoms with Crippen LogP contribution < -0.4 is 4.74 Å². The number of ether oxygens (including phenoxy) is 2. The van der Waals surface area contributed by atoms with Gasteiger partial charge in [-0.3, -0.25) is 0 Å². The Balaban J connectivity index is 2.89. The van der Waals surface area contributed by atoms with Gasteiger partial charge in [-0.25, -0.2) is 4.79 Å². The van der Waals surface area contributed by atoms with Gasteiger partial charge in [0.1, 0.15) is 5.75 Å². The van der Waals surface area contributed by atoms with Crippen molar-refractivity contribution < 1.29 is 27.4 Å². The molecule has 0 N–H and O–H groups in total. The van der Waals surface area contributed by atoms with Gasteiger partial charge in [0, 0.05) is 3.57 Å². The summed E-state index contributed by atoms with van der Waals surface area (Å²) in [6.45, 7) is 3.37. The number of hydrogen-bond donors (Lipinski definition) is 0. The van der Waals surface area contributed by atoms with Crippen molar-refractivity contribution in [1.29, 1.82) is 0 Å². The highest BCUT2D eigenvalue weighted by Gasteiger charge is 2.31. The molecule has 1 rings (SSSR count). The van der Waals surface area contributed by atoms with Crippen molar-refractivity contribution in [2.24, 2.45) is 0 Å². The second kappa shape index (κ2) is 5.77. The van der Waals surface area contributed by atoms with Crippen molar-refractivity contribution >= 4 is 28.6 Å². The lowest BCUT2D eigenvalue weighted by Gasteiger charge is -2.12. The monoisotopic (exact) mass is 374 g/mol. The Labute approximate surface area is 115 Å². The summed E-state index contributed by atoms with van der Waals surface area (Å²) in [5, 5.41) is 0. The maximum absolute atomic E-state index is 12.0. The van der Waals surface area contributed by atoms with E-state index >= 15 is 0 Å². The van der Waals surface area contributed by atoms with Gasteiger partial charge in [-0.1, -0.05) is 0 Å². The highest BCUT2D eigenvalue weighted by atomic mass is 127. The first-order valence-corrected chi connectivity index (χ1v) is 6.03. The van der Waals surface area contributed by atoms with E-state index < -0.39 is 12.3 Å². The SMILES string of the molecule is CC(C)OC(=O)c1ccc(OC(F)(F)F)cc1I. The highest BCUT2D eigenvalue weighted by Crippen LogP contribution is 2.26. The third kappa shape index (κ3) is 4.71. The first kappa shape index (κ1) is 15.1. The molecule has 0 aliphatic heterocycles. The fourth-order valence-corrected chi connectivity index (χ4v) is 1.84. The Hall–Kier alpha value is -0.990. The quantitative estimate of drug-likeness (QED) is 0.597. The molecule has 0 aromatic heterocycles. The Bertz CT molecular complexity index is 444. The van der Waals surface area contributed by atoms with Crippen LogP contribution in [0.5, 0.6) is 5.75 Å². The number of esters is 1. The zero-order chi connectivity index (χ0) is 13.9. The molecular weight excluding hydrogens is 364 g/mol. The zero-order valence-corrected chi connectivity index (χ0v) is 11.7. The second-order valence-corrected chi connectivity index (χ2v) is 4.81. The molecule has 0 atom stereocenters. The summed E-state index contributed by atoms with van der Waals surface area (Å²) in [5.41, 5.74) is 0.207. The van der Waals surface area contributed by atoms with Crippen molar-refractivity contribution in [2.45, 2.75) is 26.3 Å². The smallest absolute Gasteiger partial charge is 0.459 e. The molecule has 0 spiro atoms. The average Bonchev–Trinajstić information content (AvgIpc) is 2.13. The maximum atomic E-state index is 12.0. The Morgan fingerprint density at radius 3 is 2.39 bits per heavy atom. The molecular formula is C11H10F3IO3. The lowest BCUT2D eigenvalue weighted by molar-refractivity contribution is -0.274. The summed E-state index contributed by atoms with van der Waals surface area (Å²) < 4.78 is 45.0. The molecule has 0 fully saturated rings. The van der Waals surface area contributed by atoms with Crippen LogP contribution in [0.15, 0.2) is 18.2 Å². The minimum absolute atomic E-state index is 0.207. The molecule has 100 valence electrons. The summed E-state index contributed by atoms with van der Waals surface area (Å²) in [7, 11) is 0. The van der Waals surface area contributed by atoms with Crippen molar-refractivity contribution in [1.82, 2.24) is 0 Å². The molecule has 0 aliphatic carbocycles. The van der Waals surface area contributed by atoms with E-state index in [9.17, 15) is 18.0 Å². The molecule has 0 unspecified atom stereocenters. The summed E-state index contributed by atoms with van der Waals surface area (Å²) >= 11 is 1.75. The van der Waals surface area contributed by atoms with Gasteiger partial charge in [-0.05, 0) is 54.6 Å². The number of benzene rings is 1. The molecule has 0 aliphatic rings. The van der Waals surface area contributed by atoms with Gasteiger partial charge in [0.05, 0.1) is 11.7 Å². The third-order valence-electron chi connectivity index (χ3n) is 1.74. The first-order valence-electron chi connectivity index (χ1n) is 4.95. The molecule has 0 saturated heterocycles. The Kier molecular flexibility index (Phi) is 4.83. The molecule has 0 bridgehead atoms. The number of carbonyl (C=O) groups is 1. The van der Waals surface area contributed by atoms with Crippen LogP contribution in [-0.2, 0) is 4.74 Å². The molecule has 3 nitrogen and oxygen atoms in total. The number of rotatable bonds is 3. The van der Waals surface area contributed by atoms with E-state index in [1.54, 1.807) is 36.4 Å². The van der Waals surface area contributed by atoms with E-state index in [1.165, 1.54) is 6.07 Å². The van der Waals surface area contributed by atoms with Crippen LogP contribution >= 0.6 is 22.6 Å². The molecule has 7 heteroatoms. The number of carbonyl (C=O) groups excluding carboxylic acids is 1. The van der Waals surface area contributed by atoms with Gasteiger partial charge in [-0.2, -0.15) is 0 Å². The fourth-order valence-electron chi connectivity index (χ4n) is 1.14. The molecule has 0 amide bonds. The largest absolute Gasteiger partial charge is 0.573 e. The topological polar surface area (TPSA) is 35.5 Å². The zero-order valence-electron chi connectivity index (χ0n) is 9.55. The normalized spacial score (nSPS) is 11.5. The Morgan fingerprint density at radius 2 is 1.94 bits per heavy atom. The second-order valence-electron chi connectivity index (χ2n) is 3.64. The predicted molar refractivity (Wildman–Crippen MR) is 66.4 cm³/mol. The van der Waals surface area contributed by atoms with E-state index in [0.29, 0.717) is 3.57 Å². The molecule has 0 radical (unpaired) electrons. The van der Waals surface area contributed by atoms with E-state index in [2.05, 4.69) is 4.74 Å². The minimum Gasteiger partial charge on any atom is -0.459 e. The molecule has 0 saturated carbocycles. The van der Waals surface area contributed by atoms with Crippen LogP contribution in [0.2, 0.25) is 0 Å². The Morgan fingerprint density at radius 1 is 1.33 bits per heavy atom.